The lowest BCUT2D eigenvalue weighted by molar-refractivity contribution is 0.374. The van der Waals surface area contributed by atoms with Crippen molar-refractivity contribution in [1.82, 2.24) is 0 Å². The Balaban J connectivity index is 0. The molecule has 0 amide bonds. The van der Waals surface area contributed by atoms with Crippen LogP contribution in [-0.2, 0) is 6.42 Å². The molecule has 2 heteroatoms. The van der Waals surface area contributed by atoms with E-state index in [1.807, 2.05) is 32.0 Å². The molecule has 0 fully saturated rings. The van der Waals surface area contributed by atoms with Crippen molar-refractivity contribution in [3.05, 3.63) is 75.6 Å². The summed E-state index contributed by atoms with van der Waals surface area (Å²) < 4.78 is 12.3. The van der Waals surface area contributed by atoms with E-state index in [0.29, 0.717) is 0 Å². The highest BCUT2D eigenvalue weighted by Gasteiger charge is 2.14. The molecule has 0 radical (unpaired) electrons. The SMILES string of the molecule is CC.CC/C(=C(/C)C[C@@H](C)C(C)CC)c1cc(Cl)ccc1C.CCC.CCCc1ccc(F)cc1. The zero-order chi connectivity index (χ0) is 27.4. The molecule has 35 heavy (non-hydrogen) atoms. The summed E-state index contributed by atoms with van der Waals surface area (Å²) >= 11 is 6.18. The van der Waals surface area contributed by atoms with E-state index < -0.39 is 0 Å². The van der Waals surface area contributed by atoms with Crippen LogP contribution in [0.15, 0.2) is 48.0 Å². The van der Waals surface area contributed by atoms with Gasteiger partial charge in [0.2, 0.25) is 0 Å². The molecule has 2 aromatic rings. The van der Waals surface area contributed by atoms with Crippen LogP contribution in [-0.4, -0.2) is 0 Å². The van der Waals surface area contributed by atoms with Crippen LogP contribution in [0.4, 0.5) is 4.39 Å². The van der Waals surface area contributed by atoms with Crippen LogP contribution in [0.2, 0.25) is 5.02 Å². The summed E-state index contributed by atoms with van der Waals surface area (Å²) in [5.74, 6) is 1.37. The Kier molecular flexibility index (Phi) is 22.0. The minimum atomic E-state index is -0.153. The van der Waals surface area contributed by atoms with Crippen LogP contribution in [0.1, 0.15) is 118 Å². The molecule has 0 aliphatic heterocycles. The topological polar surface area (TPSA) is 0 Å². The Bertz CT molecular complexity index is 804. The number of benzene rings is 2. The molecule has 2 aromatic carbocycles. The summed E-state index contributed by atoms with van der Waals surface area (Å²) in [6.07, 6.45) is 6.92. The first-order valence-electron chi connectivity index (χ1n) is 13.8. The molecule has 0 aliphatic rings. The molecule has 1 unspecified atom stereocenters. The number of hydrogen-bond acceptors (Lipinski definition) is 0. The van der Waals surface area contributed by atoms with Gasteiger partial charge in [0.1, 0.15) is 5.82 Å². The number of allylic oxidation sites excluding steroid dienone is 2. The Morgan fingerprint density at radius 3 is 1.89 bits per heavy atom. The highest BCUT2D eigenvalue weighted by molar-refractivity contribution is 6.30. The standard InChI is InChI=1S/C19H29Cl.C9H11F.C3H8.C2H6/c1-7-13(3)15(5)11-16(6)18(8-2)19-12-17(20)10-9-14(19)4;1-2-3-8-4-6-9(10)7-5-8;1-3-2;1-2/h9-10,12-13,15H,7-8,11H2,1-6H3;4-7H,2-3H2,1H3;3H2,1-2H3;1-2H3/b18-16+;;;/t13?,15-;;;/m1.../s1. The molecule has 0 saturated carbocycles. The first-order chi connectivity index (χ1) is 16.6. The average Bonchev–Trinajstić information content (AvgIpc) is 2.85. The van der Waals surface area contributed by atoms with Gasteiger partial charge in [0, 0.05) is 5.02 Å². The van der Waals surface area contributed by atoms with Gasteiger partial charge in [-0.05, 0) is 91.5 Å². The maximum Gasteiger partial charge on any atom is 0.123 e. The van der Waals surface area contributed by atoms with Gasteiger partial charge in [0.25, 0.3) is 0 Å². The number of halogens is 2. The maximum absolute atomic E-state index is 12.3. The van der Waals surface area contributed by atoms with Gasteiger partial charge in [-0.25, -0.2) is 4.39 Å². The van der Waals surface area contributed by atoms with Crippen LogP contribution in [0.5, 0.6) is 0 Å². The number of hydrogen-bond donors (Lipinski definition) is 0. The van der Waals surface area contributed by atoms with Crippen molar-refractivity contribution in [2.24, 2.45) is 11.8 Å². The summed E-state index contributed by atoms with van der Waals surface area (Å²) in [6, 6.07) is 12.9. The summed E-state index contributed by atoms with van der Waals surface area (Å²) in [6.45, 7) is 24.1. The average molecular weight is 505 g/mol. The molecule has 0 aliphatic carbocycles. The second-order valence-corrected chi connectivity index (χ2v) is 9.66. The molecule has 2 rings (SSSR count). The number of rotatable bonds is 8. The molecule has 0 bridgehead atoms. The molecule has 0 aromatic heterocycles. The van der Waals surface area contributed by atoms with Crippen LogP contribution in [0.3, 0.4) is 0 Å². The third-order valence-corrected chi connectivity index (χ3v) is 6.32. The van der Waals surface area contributed by atoms with E-state index >= 15 is 0 Å². The zero-order valence-corrected chi connectivity index (χ0v) is 25.5. The molecule has 0 saturated heterocycles. The monoisotopic (exact) mass is 504 g/mol. The maximum atomic E-state index is 12.3. The van der Waals surface area contributed by atoms with E-state index in [2.05, 4.69) is 74.4 Å². The Morgan fingerprint density at radius 2 is 1.43 bits per heavy atom. The van der Waals surface area contributed by atoms with Crippen molar-refractivity contribution < 1.29 is 4.39 Å². The molecular weight excluding hydrogens is 451 g/mol. The van der Waals surface area contributed by atoms with E-state index in [1.165, 1.54) is 59.2 Å². The molecule has 0 spiro atoms. The predicted octanol–water partition coefficient (Wildman–Crippen LogP) is 12.1. The summed E-state index contributed by atoms with van der Waals surface area (Å²) in [5.41, 5.74) is 6.85. The second kappa shape index (κ2) is 21.7. The molecule has 2 atom stereocenters. The minimum Gasteiger partial charge on any atom is -0.207 e. The third-order valence-electron chi connectivity index (χ3n) is 6.09. The van der Waals surface area contributed by atoms with Gasteiger partial charge in [0.15, 0.2) is 0 Å². The van der Waals surface area contributed by atoms with Gasteiger partial charge in [-0.2, -0.15) is 0 Å². The summed E-state index contributed by atoms with van der Waals surface area (Å²) in [5, 5.41) is 0.833. The van der Waals surface area contributed by atoms with Crippen molar-refractivity contribution in [2.75, 3.05) is 0 Å². The lowest BCUT2D eigenvalue weighted by atomic mass is 9.85. The molecule has 0 N–H and O–H groups in total. The fourth-order valence-electron chi connectivity index (χ4n) is 3.79. The summed E-state index contributed by atoms with van der Waals surface area (Å²) in [7, 11) is 0. The van der Waals surface area contributed by atoms with Crippen LogP contribution in [0.25, 0.3) is 5.57 Å². The smallest absolute Gasteiger partial charge is 0.123 e. The first kappa shape index (κ1) is 35.6. The number of aryl methyl sites for hydroxylation is 2. The quantitative estimate of drug-likeness (QED) is 0.335. The molecule has 0 nitrogen and oxygen atoms in total. The summed E-state index contributed by atoms with van der Waals surface area (Å²) in [4.78, 5) is 0. The van der Waals surface area contributed by atoms with Gasteiger partial charge in [-0.1, -0.05) is 117 Å². The van der Waals surface area contributed by atoms with Crippen molar-refractivity contribution in [3.63, 3.8) is 0 Å². The van der Waals surface area contributed by atoms with Crippen LogP contribution < -0.4 is 0 Å². The van der Waals surface area contributed by atoms with E-state index in [9.17, 15) is 4.39 Å². The Labute approximate surface area is 223 Å². The Hall–Kier alpha value is -1.60. The van der Waals surface area contributed by atoms with E-state index in [4.69, 9.17) is 11.6 Å². The largest absolute Gasteiger partial charge is 0.207 e. The van der Waals surface area contributed by atoms with E-state index in [0.717, 1.165) is 36.1 Å². The normalized spacial score (nSPS) is 12.5. The molecule has 200 valence electrons. The zero-order valence-electron chi connectivity index (χ0n) is 24.7. The highest BCUT2D eigenvalue weighted by Crippen LogP contribution is 2.32. The van der Waals surface area contributed by atoms with Gasteiger partial charge in [-0.15, -0.1) is 0 Å². The highest BCUT2D eigenvalue weighted by atomic mass is 35.5. The van der Waals surface area contributed by atoms with Crippen LogP contribution in [0, 0.1) is 24.6 Å². The second-order valence-electron chi connectivity index (χ2n) is 9.22. The van der Waals surface area contributed by atoms with Gasteiger partial charge < -0.3 is 0 Å². The lowest BCUT2D eigenvalue weighted by Crippen LogP contribution is -2.08. The van der Waals surface area contributed by atoms with Crippen molar-refractivity contribution in [3.8, 4) is 0 Å². The van der Waals surface area contributed by atoms with Crippen molar-refractivity contribution >= 4 is 17.2 Å². The fourth-order valence-corrected chi connectivity index (χ4v) is 3.96. The lowest BCUT2D eigenvalue weighted by Gasteiger charge is -2.21. The van der Waals surface area contributed by atoms with Crippen molar-refractivity contribution in [1.29, 1.82) is 0 Å². The predicted molar refractivity (Wildman–Crippen MR) is 160 cm³/mol. The fraction of sp³-hybridized carbons (Fsp3) is 0.576. The van der Waals surface area contributed by atoms with Gasteiger partial charge >= 0.3 is 0 Å². The van der Waals surface area contributed by atoms with E-state index in [-0.39, 0.29) is 5.82 Å². The Morgan fingerprint density at radius 1 is 0.886 bits per heavy atom. The van der Waals surface area contributed by atoms with Crippen molar-refractivity contribution in [2.45, 2.75) is 115 Å². The van der Waals surface area contributed by atoms with Gasteiger partial charge in [0.05, 0.1) is 0 Å². The molecular formula is C33H54ClF. The molecule has 0 heterocycles. The third kappa shape index (κ3) is 15.2. The van der Waals surface area contributed by atoms with Gasteiger partial charge in [-0.3, -0.25) is 0 Å². The minimum absolute atomic E-state index is 0.153. The van der Waals surface area contributed by atoms with Crippen LogP contribution >= 0.6 is 11.6 Å². The van der Waals surface area contributed by atoms with E-state index in [1.54, 1.807) is 0 Å². The first-order valence-corrected chi connectivity index (χ1v) is 14.2.